The summed E-state index contributed by atoms with van der Waals surface area (Å²) in [6.45, 7) is 5.28. The number of aliphatic hydroxyl groups excluding tert-OH is 1. The minimum atomic E-state index is -0.504. The lowest BCUT2D eigenvalue weighted by molar-refractivity contribution is 0.0563. The van der Waals surface area contributed by atoms with Gasteiger partial charge in [-0.3, -0.25) is 0 Å². The molecule has 1 aliphatic heterocycles. The van der Waals surface area contributed by atoms with Crippen molar-refractivity contribution < 1.29 is 9.84 Å². The Morgan fingerprint density at radius 2 is 2.05 bits per heavy atom. The fourth-order valence-electron chi connectivity index (χ4n) is 2.37. The quantitative estimate of drug-likeness (QED) is 0.902. The van der Waals surface area contributed by atoms with Crippen LogP contribution in [0.4, 0.5) is 0 Å². The first-order valence-electron chi connectivity index (χ1n) is 7.03. The minimum absolute atomic E-state index is 0.243. The lowest BCUT2D eigenvalue weighted by Gasteiger charge is -2.31. The van der Waals surface area contributed by atoms with Crippen LogP contribution in [0.2, 0.25) is 10.0 Å². The molecule has 1 heterocycles. The zero-order valence-corrected chi connectivity index (χ0v) is 13.2. The van der Waals surface area contributed by atoms with E-state index in [0.717, 1.165) is 19.0 Å². The molecule has 0 bridgehead atoms. The van der Waals surface area contributed by atoms with Crippen LogP contribution < -0.4 is 4.74 Å². The Balaban J connectivity index is 1.76. The van der Waals surface area contributed by atoms with E-state index in [1.165, 1.54) is 12.8 Å². The third kappa shape index (κ3) is 4.81. The van der Waals surface area contributed by atoms with Crippen LogP contribution in [0.1, 0.15) is 19.8 Å². The Kier molecular flexibility index (Phi) is 5.97. The SMILES string of the molecule is CC1CCN(C[C@@H](O)COc2ccc(Cl)cc2Cl)CC1. The van der Waals surface area contributed by atoms with Crippen molar-refractivity contribution in [2.45, 2.75) is 25.9 Å². The molecule has 0 saturated carbocycles. The molecule has 1 N–H and O–H groups in total. The summed E-state index contributed by atoms with van der Waals surface area (Å²) in [5.74, 6) is 1.36. The maximum absolute atomic E-state index is 10.0. The second kappa shape index (κ2) is 7.51. The minimum Gasteiger partial charge on any atom is -0.489 e. The van der Waals surface area contributed by atoms with E-state index in [0.29, 0.717) is 22.3 Å². The molecule has 0 unspecified atom stereocenters. The van der Waals surface area contributed by atoms with Crippen molar-refractivity contribution in [3.63, 3.8) is 0 Å². The molecule has 1 aromatic rings. The zero-order chi connectivity index (χ0) is 14.5. The van der Waals surface area contributed by atoms with Gasteiger partial charge in [0.1, 0.15) is 18.5 Å². The molecule has 0 radical (unpaired) electrons. The van der Waals surface area contributed by atoms with Crippen LogP contribution in [0, 0.1) is 5.92 Å². The number of rotatable bonds is 5. The Bertz CT molecular complexity index is 434. The molecule has 1 aliphatic rings. The molecule has 20 heavy (non-hydrogen) atoms. The fourth-order valence-corrected chi connectivity index (χ4v) is 2.84. The summed E-state index contributed by atoms with van der Waals surface area (Å²) in [6.07, 6.45) is 1.91. The van der Waals surface area contributed by atoms with E-state index in [2.05, 4.69) is 11.8 Å². The van der Waals surface area contributed by atoms with E-state index in [-0.39, 0.29) is 6.61 Å². The van der Waals surface area contributed by atoms with Gasteiger partial charge in [-0.05, 0) is 50.0 Å². The number of likely N-dealkylation sites (tertiary alicyclic amines) is 1. The van der Waals surface area contributed by atoms with Gasteiger partial charge < -0.3 is 14.7 Å². The monoisotopic (exact) mass is 317 g/mol. The summed E-state index contributed by atoms with van der Waals surface area (Å²) in [4.78, 5) is 2.29. The van der Waals surface area contributed by atoms with Crippen LogP contribution in [0.5, 0.6) is 5.75 Å². The van der Waals surface area contributed by atoms with Gasteiger partial charge in [0.25, 0.3) is 0 Å². The zero-order valence-electron chi connectivity index (χ0n) is 11.7. The maximum Gasteiger partial charge on any atom is 0.138 e. The molecule has 5 heteroatoms. The standard InChI is InChI=1S/C15H21Cl2NO2/c1-11-4-6-18(7-5-11)9-13(19)10-20-15-3-2-12(16)8-14(15)17/h2-3,8,11,13,19H,4-7,9-10H2,1H3/t13-/m1/s1. The topological polar surface area (TPSA) is 32.7 Å². The van der Waals surface area contributed by atoms with Crippen LogP contribution in [0.15, 0.2) is 18.2 Å². The van der Waals surface area contributed by atoms with E-state index < -0.39 is 6.10 Å². The number of hydrogen-bond donors (Lipinski definition) is 1. The Morgan fingerprint density at radius 3 is 2.70 bits per heavy atom. The predicted molar refractivity (Wildman–Crippen MR) is 82.8 cm³/mol. The van der Waals surface area contributed by atoms with Gasteiger partial charge in [0.05, 0.1) is 5.02 Å². The second-order valence-electron chi connectivity index (χ2n) is 5.52. The van der Waals surface area contributed by atoms with E-state index >= 15 is 0 Å². The van der Waals surface area contributed by atoms with Crippen molar-refractivity contribution in [2.24, 2.45) is 5.92 Å². The Labute approximate surface area is 130 Å². The molecule has 1 saturated heterocycles. The summed E-state index contributed by atoms with van der Waals surface area (Å²) >= 11 is 11.8. The van der Waals surface area contributed by atoms with Crippen molar-refractivity contribution in [3.8, 4) is 5.75 Å². The van der Waals surface area contributed by atoms with Crippen LogP contribution in [0.25, 0.3) is 0 Å². The highest BCUT2D eigenvalue weighted by Crippen LogP contribution is 2.27. The normalized spacial score (nSPS) is 19.0. The summed E-state index contributed by atoms with van der Waals surface area (Å²) < 4.78 is 5.55. The van der Waals surface area contributed by atoms with Gasteiger partial charge in [-0.25, -0.2) is 0 Å². The van der Waals surface area contributed by atoms with Gasteiger partial charge in [0, 0.05) is 11.6 Å². The molecule has 2 rings (SSSR count). The van der Waals surface area contributed by atoms with Crippen molar-refractivity contribution in [3.05, 3.63) is 28.2 Å². The van der Waals surface area contributed by atoms with Crippen LogP contribution in [-0.4, -0.2) is 42.4 Å². The second-order valence-corrected chi connectivity index (χ2v) is 6.37. The van der Waals surface area contributed by atoms with Crippen molar-refractivity contribution >= 4 is 23.2 Å². The molecule has 0 aliphatic carbocycles. The average molecular weight is 318 g/mol. The van der Waals surface area contributed by atoms with Gasteiger partial charge >= 0.3 is 0 Å². The van der Waals surface area contributed by atoms with Gasteiger partial charge in [0.15, 0.2) is 0 Å². The smallest absolute Gasteiger partial charge is 0.138 e. The van der Waals surface area contributed by atoms with Gasteiger partial charge in [0.2, 0.25) is 0 Å². The summed E-state index contributed by atoms with van der Waals surface area (Å²) in [5, 5.41) is 11.1. The van der Waals surface area contributed by atoms with Crippen molar-refractivity contribution in [2.75, 3.05) is 26.2 Å². The third-order valence-electron chi connectivity index (χ3n) is 3.67. The molecule has 1 atom stereocenters. The highest BCUT2D eigenvalue weighted by molar-refractivity contribution is 6.35. The summed E-state index contributed by atoms with van der Waals surface area (Å²) in [6, 6.07) is 5.08. The molecule has 0 aromatic heterocycles. The number of aliphatic hydroxyl groups is 1. The maximum atomic E-state index is 10.0. The summed E-state index contributed by atoms with van der Waals surface area (Å²) in [5.41, 5.74) is 0. The summed E-state index contributed by atoms with van der Waals surface area (Å²) in [7, 11) is 0. The van der Waals surface area contributed by atoms with E-state index in [1.807, 2.05) is 0 Å². The van der Waals surface area contributed by atoms with Crippen LogP contribution >= 0.6 is 23.2 Å². The number of benzene rings is 1. The molecule has 0 spiro atoms. The van der Waals surface area contributed by atoms with Crippen molar-refractivity contribution in [1.82, 2.24) is 4.90 Å². The highest BCUT2D eigenvalue weighted by atomic mass is 35.5. The first-order valence-corrected chi connectivity index (χ1v) is 7.78. The molecular weight excluding hydrogens is 297 g/mol. The molecular formula is C15H21Cl2NO2. The Hall–Kier alpha value is -0.480. The first-order chi connectivity index (χ1) is 9.54. The molecule has 1 fully saturated rings. The molecule has 0 amide bonds. The van der Waals surface area contributed by atoms with E-state index in [4.69, 9.17) is 27.9 Å². The van der Waals surface area contributed by atoms with Gasteiger partial charge in [-0.2, -0.15) is 0 Å². The molecule has 3 nitrogen and oxygen atoms in total. The van der Waals surface area contributed by atoms with Gasteiger partial charge in [-0.15, -0.1) is 0 Å². The largest absolute Gasteiger partial charge is 0.489 e. The van der Waals surface area contributed by atoms with E-state index in [1.54, 1.807) is 18.2 Å². The Morgan fingerprint density at radius 1 is 1.35 bits per heavy atom. The number of nitrogens with zero attached hydrogens (tertiary/aromatic N) is 1. The third-order valence-corrected chi connectivity index (χ3v) is 4.20. The predicted octanol–water partition coefficient (Wildman–Crippen LogP) is 3.47. The molecule has 1 aromatic carbocycles. The average Bonchev–Trinajstić information content (AvgIpc) is 2.40. The number of β-amino-alcohol motifs (C(OH)–C–C–N with tert-alkyl or cyclic N) is 1. The van der Waals surface area contributed by atoms with Crippen molar-refractivity contribution in [1.29, 1.82) is 0 Å². The number of piperidine rings is 1. The molecule has 112 valence electrons. The number of halogens is 2. The number of hydrogen-bond acceptors (Lipinski definition) is 3. The lowest BCUT2D eigenvalue weighted by atomic mass is 9.99. The van der Waals surface area contributed by atoms with Crippen LogP contribution in [0.3, 0.4) is 0 Å². The fraction of sp³-hybridized carbons (Fsp3) is 0.600. The van der Waals surface area contributed by atoms with E-state index in [9.17, 15) is 5.11 Å². The highest BCUT2D eigenvalue weighted by Gasteiger charge is 2.18. The van der Waals surface area contributed by atoms with Gasteiger partial charge in [-0.1, -0.05) is 30.1 Å². The number of ether oxygens (including phenoxy) is 1. The first kappa shape index (κ1) is 15.9. The lowest BCUT2D eigenvalue weighted by Crippen LogP contribution is -2.40. The van der Waals surface area contributed by atoms with Crippen LogP contribution in [-0.2, 0) is 0 Å².